The summed E-state index contributed by atoms with van der Waals surface area (Å²) in [5.41, 5.74) is 8.62. The fraction of sp³-hybridized carbons (Fsp3) is 0.500. The van der Waals surface area contributed by atoms with Gasteiger partial charge in [-0.25, -0.2) is 0 Å². The second kappa shape index (κ2) is 11.8. The molecule has 0 fully saturated rings. The Morgan fingerprint density at radius 3 is 1.71 bits per heavy atom. The van der Waals surface area contributed by atoms with Crippen LogP contribution < -0.4 is 11.1 Å². The van der Waals surface area contributed by atoms with E-state index in [0.29, 0.717) is 12.8 Å². The summed E-state index contributed by atoms with van der Waals surface area (Å²) in [6, 6.07) is 17.8. The zero-order valence-electron chi connectivity index (χ0n) is 21.8. The predicted molar refractivity (Wildman–Crippen MR) is 142 cm³/mol. The molecule has 2 aromatic carbocycles. The van der Waals surface area contributed by atoms with E-state index in [1.54, 1.807) is 0 Å². The molecule has 2 aromatic rings. The third kappa shape index (κ3) is 6.80. The monoisotopic (exact) mass is 482 g/mol. The fourth-order valence-electron chi connectivity index (χ4n) is 5.31. The molecule has 0 saturated heterocycles. The van der Waals surface area contributed by atoms with Gasteiger partial charge in [0, 0.05) is 6.42 Å². The Labute approximate surface area is 206 Å². The van der Waals surface area contributed by atoms with E-state index in [0.717, 1.165) is 11.1 Å². The quantitative estimate of drug-likeness (QED) is 0.445. The standard InChI is InChI=1S/C28H42N2O3Si/c1-20(2)34(21(3)4,28(5,6)7)33-27(32)25(19-23-16-12-9-13-17-23)30-26(31)24(29)18-22-14-10-8-11-15-22/h8-17,20-21,24-25H,18-19,29H2,1-7H3,(H,30,31)/t24-,25-/m0/s1. The first-order chi connectivity index (χ1) is 15.9. The highest BCUT2D eigenvalue weighted by Gasteiger charge is 2.55. The van der Waals surface area contributed by atoms with Crippen molar-refractivity contribution in [3.05, 3.63) is 71.8 Å². The molecule has 0 unspecified atom stereocenters. The first kappa shape index (κ1) is 27.8. The van der Waals surface area contributed by atoms with Crippen LogP contribution in [0, 0.1) is 0 Å². The minimum absolute atomic E-state index is 0.157. The Balaban J connectivity index is 2.30. The molecule has 0 bridgehead atoms. The number of nitrogens with two attached hydrogens (primary N) is 1. The van der Waals surface area contributed by atoms with Gasteiger partial charge in [0.2, 0.25) is 5.91 Å². The van der Waals surface area contributed by atoms with Gasteiger partial charge in [-0.3, -0.25) is 9.59 Å². The summed E-state index contributed by atoms with van der Waals surface area (Å²) in [7, 11) is -2.57. The Morgan fingerprint density at radius 2 is 1.29 bits per heavy atom. The number of benzene rings is 2. The lowest BCUT2D eigenvalue weighted by Crippen LogP contribution is -2.58. The topological polar surface area (TPSA) is 81.4 Å². The van der Waals surface area contributed by atoms with Crippen molar-refractivity contribution in [1.29, 1.82) is 0 Å². The molecule has 0 radical (unpaired) electrons. The molecule has 3 N–H and O–H groups in total. The average molecular weight is 483 g/mol. The van der Waals surface area contributed by atoms with Crippen molar-refractivity contribution >= 4 is 20.2 Å². The molecule has 6 heteroatoms. The van der Waals surface area contributed by atoms with E-state index in [9.17, 15) is 9.59 Å². The van der Waals surface area contributed by atoms with Gasteiger partial charge in [0.05, 0.1) is 6.04 Å². The van der Waals surface area contributed by atoms with Gasteiger partial charge in [-0.1, -0.05) is 109 Å². The van der Waals surface area contributed by atoms with Gasteiger partial charge in [0.15, 0.2) is 0 Å². The molecule has 186 valence electrons. The van der Waals surface area contributed by atoms with E-state index in [1.165, 1.54) is 0 Å². The second-order valence-electron chi connectivity index (χ2n) is 10.8. The molecular weight excluding hydrogens is 440 g/mol. The van der Waals surface area contributed by atoms with E-state index >= 15 is 0 Å². The molecule has 34 heavy (non-hydrogen) atoms. The maximum absolute atomic E-state index is 13.7. The molecule has 0 spiro atoms. The number of rotatable bonds is 10. The number of amides is 1. The second-order valence-corrected chi connectivity index (χ2v) is 16.4. The average Bonchev–Trinajstić information content (AvgIpc) is 2.76. The lowest BCUT2D eigenvalue weighted by Gasteiger charge is -2.47. The van der Waals surface area contributed by atoms with E-state index in [1.807, 2.05) is 60.7 Å². The molecule has 0 aliphatic carbocycles. The van der Waals surface area contributed by atoms with Crippen molar-refractivity contribution in [2.24, 2.45) is 5.73 Å². The third-order valence-electron chi connectivity index (χ3n) is 6.68. The van der Waals surface area contributed by atoms with Crippen LogP contribution >= 0.6 is 0 Å². The summed E-state index contributed by atoms with van der Waals surface area (Å²) >= 11 is 0. The summed E-state index contributed by atoms with van der Waals surface area (Å²) in [5.74, 6) is -0.716. The lowest BCUT2D eigenvalue weighted by atomic mass is 10.0. The molecule has 2 rings (SSSR count). The smallest absolute Gasteiger partial charge is 0.315 e. The number of carbonyl (C=O) groups is 2. The van der Waals surface area contributed by atoms with Crippen LogP contribution in [0.2, 0.25) is 16.1 Å². The maximum atomic E-state index is 13.7. The Morgan fingerprint density at radius 1 is 0.853 bits per heavy atom. The molecule has 0 saturated carbocycles. The molecule has 1 amide bonds. The van der Waals surface area contributed by atoms with Crippen LogP contribution in [0.5, 0.6) is 0 Å². The van der Waals surface area contributed by atoms with Crippen molar-refractivity contribution in [2.75, 3.05) is 0 Å². The molecule has 0 heterocycles. The first-order valence-electron chi connectivity index (χ1n) is 12.2. The van der Waals surface area contributed by atoms with Gasteiger partial charge < -0.3 is 15.5 Å². The van der Waals surface area contributed by atoms with Crippen LogP contribution in [0.15, 0.2) is 60.7 Å². The third-order valence-corrected chi connectivity index (χ3v) is 13.0. The van der Waals surface area contributed by atoms with Crippen molar-refractivity contribution in [3.63, 3.8) is 0 Å². The zero-order valence-corrected chi connectivity index (χ0v) is 22.8. The number of carbonyl (C=O) groups excluding carboxylic acids is 2. The summed E-state index contributed by atoms with van der Waals surface area (Å²) in [6.07, 6.45) is 0.757. The molecule has 0 aromatic heterocycles. The van der Waals surface area contributed by atoms with E-state index < -0.39 is 20.4 Å². The van der Waals surface area contributed by atoms with Crippen molar-refractivity contribution in [3.8, 4) is 0 Å². The Bertz CT molecular complexity index is 916. The predicted octanol–water partition coefficient (Wildman–Crippen LogP) is 5.39. The Hall–Kier alpha value is -2.44. The summed E-state index contributed by atoms with van der Waals surface area (Å²) in [4.78, 5) is 26.7. The summed E-state index contributed by atoms with van der Waals surface area (Å²) < 4.78 is 6.50. The Kier molecular flexibility index (Phi) is 9.65. The van der Waals surface area contributed by atoms with Crippen LogP contribution in [0.4, 0.5) is 0 Å². The van der Waals surface area contributed by atoms with Gasteiger partial charge in [-0.05, 0) is 33.7 Å². The van der Waals surface area contributed by atoms with Crippen LogP contribution in [0.3, 0.4) is 0 Å². The minimum Gasteiger partial charge on any atom is -0.516 e. The van der Waals surface area contributed by atoms with Gasteiger partial charge in [-0.2, -0.15) is 0 Å². The maximum Gasteiger partial charge on any atom is 0.315 e. The minimum atomic E-state index is -2.57. The van der Waals surface area contributed by atoms with E-state index in [-0.39, 0.29) is 28.0 Å². The van der Waals surface area contributed by atoms with Crippen LogP contribution in [-0.4, -0.2) is 32.3 Å². The van der Waals surface area contributed by atoms with E-state index in [4.69, 9.17) is 10.2 Å². The van der Waals surface area contributed by atoms with E-state index in [2.05, 4.69) is 53.8 Å². The normalized spacial score (nSPS) is 14.1. The highest BCUT2D eigenvalue weighted by molar-refractivity contribution is 6.80. The molecule has 2 atom stereocenters. The first-order valence-corrected chi connectivity index (χ1v) is 14.3. The summed E-state index contributed by atoms with van der Waals surface area (Å²) in [6.45, 7) is 15.1. The van der Waals surface area contributed by atoms with Gasteiger partial charge in [0.25, 0.3) is 8.32 Å². The molecule has 5 nitrogen and oxygen atoms in total. The van der Waals surface area contributed by atoms with Crippen molar-refractivity contribution < 1.29 is 14.0 Å². The van der Waals surface area contributed by atoms with Crippen molar-refractivity contribution in [1.82, 2.24) is 5.32 Å². The number of hydrogen-bond acceptors (Lipinski definition) is 4. The SMILES string of the molecule is CC(C)[Si](OC(=O)[C@H](Cc1ccccc1)NC(=O)[C@@H](N)Cc1ccccc1)(C(C)C)C(C)(C)C. The highest BCUT2D eigenvalue weighted by Crippen LogP contribution is 2.50. The lowest BCUT2D eigenvalue weighted by molar-refractivity contribution is -0.141. The number of nitrogens with one attached hydrogen (secondary N) is 1. The van der Waals surface area contributed by atoms with Gasteiger partial charge in [-0.15, -0.1) is 0 Å². The van der Waals surface area contributed by atoms with Crippen LogP contribution in [0.25, 0.3) is 0 Å². The molecule has 0 aliphatic rings. The van der Waals surface area contributed by atoms with Crippen LogP contribution in [0.1, 0.15) is 59.6 Å². The molecular formula is C28H42N2O3Si. The van der Waals surface area contributed by atoms with Gasteiger partial charge >= 0.3 is 5.97 Å². The van der Waals surface area contributed by atoms with Gasteiger partial charge in [0.1, 0.15) is 6.04 Å². The van der Waals surface area contributed by atoms with Crippen LogP contribution in [-0.2, 0) is 26.9 Å². The zero-order chi connectivity index (χ0) is 25.5. The largest absolute Gasteiger partial charge is 0.516 e. The highest BCUT2D eigenvalue weighted by atomic mass is 28.4. The fourth-order valence-corrected chi connectivity index (χ4v) is 11.4. The number of hydrogen-bond donors (Lipinski definition) is 2. The van der Waals surface area contributed by atoms with Crippen molar-refractivity contribution in [2.45, 2.75) is 89.5 Å². The summed E-state index contributed by atoms with van der Waals surface area (Å²) in [5, 5.41) is 2.76. The molecule has 0 aliphatic heterocycles.